The lowest BCUT2D eigenvalue weighted by molar-refractivity contribution is -0.137. The van der Waals surface area contributed by atoms with Crippen molar-refractivity contribution in [2.45, 2.75) is 46.2 Å². The molecule has 0 saturated heterocycles. The van der Waals surface area contributed by atoms with Crippen molar-refractivity contribution in [3.05, 3.63) is 33.3 Å². The van der Waals surface area contributed by atoms with Gasteiger partial charge in [0, 0.05) is 18.7 Å². The van der Waals surface area contributed by atoms with Crippen molar-refractivity contribution < 1.29 is 24.2 Å². The highest BCUT2D eigenvalue weighted by atomic mass is 16.5. The van der Waals surface area contributed by atoms with Gasteiger partial charge in [-0.25, -0.2) is 4.79 Å². The van der Waals surface area contributed by atoms with Crippen LogP contribution in [0.3, 0.4) is 0 Å². The molecule has 3 rings (SSSR count). The summed E-state index contributed by atoms with van der Waals surface area (Å²) in [5.41, 5.74) is 3.88. The average Bonchev–Trinajstić information content (AvgIpc) is 3.40. The Morgan fingerprint density at radius 1 is 1.35 bits per heavy atom. The summed E-state index contributed by atoms with van der Waals surface area (Å²) in [6.07, 6.45) is 3.92. The van der Waals surface area contributed by atoms with E-state index in [1.807, 2.05) is 13.8 Å². The van der Waals surface area contributed by atoms with E-state index in [-0.39, 0.29) is 42.0 Å². The summed E-state index contributed by atoms with van der Waals surface area (Å²) in [6.45, 7) is 5.74. The van der Waals surface area contributed by atoms with E-state index in [0.29, 0.717) is 0 Å². The van der Waals surface area contributed by atoms with Crippen LogP contribution in [-0.2, 0) is 16.1 Å². The zero-order chi connectivity index (χ0) is 22.9. The molecule has 11 heteroatoms. The third kappa shape index (κ3) is 4.44. The first-order valence-electron chi connectivity index (χ1n) is 9.99. The summed E-state index contributed by atoms with van der Waals surface area (Å²) < 4.78 is 7.02. The van der Waals surface area contributed by atoms with Gasteiger partial charge in [0.15, 0.2) is 16.9 Å². The van der Waals surface area contributed by atoms with E-state index >= 15 is 0 Å². The van der Waals surface area contributed by atoms with E-state index in [4.69, 9.17) is 10.5 Å². The second-order valence-electron chi connectivity index (χ2n) is 7.70. The molecular weight excluding hydrogens is 406 g/mol. The number of ether oxygens (including phenoxy) is 1. The van der Waals surface area contributed by atoms with Crippen LogP contribution in [0.15, 0.2) is 10.9 Å². The molecule has 0 atom stereocenters. The number of nitrogens with two attached hydrogens (primary N) is 1. The fourth-order valence-electron chi connectivity index (χ4n) is 3.16. The molecule has 4 N–H and O–H groups in total. The number of nitrogens with zero attached hydrogens (tertiary/aromatic N) is 3. The highest BCUT2D eigenvalue weighted by molar-refractivity contribution is 6.00. The average molecular weight is 431 g/mol. The van der Waals surface area contributed by atoms with E-state index < -0.39 is 34.8 Å². The van der Waals surface area contributed by atoms with Gasteiger partial charge < -0.3 is 20.9 Å². The minimum Gasteiger partial charge on any atom is -0.494 e. The van der Waals surface area contributed by atoms with E-state index in [1.165, 1.54) is 10.6 Å². The predicted octanol–water partition coefficient (Wildman–Crippen LogP) is 0.425. The van der Waals surface area contributed by atoms with Crippen LogP contribution < -0.4 is 16.6 Å². The second kappa shape index (κ2) is 8.62. The molecule has 0 unspecified atom stereocenters. The molecule has 0 spiro atoms. The Balaban J connectivity index is 2.31. The minimum absolute atomic E-state index is 0.00893. The summed E-state index contributed by atoms with van der Waals surface area (Å²) >= 11 is 0. The SMILES string of the molecule is CCOC(=O)/C=C/c1c(C(N)=O)nn2c(=O)c(C(=O)NC3CC3)c(O)n(CC(C)C)c12. The van der Waals surface area contributed by atoms with E-state index in [2.05, 4.69) is 10.4 Å². The lowest BCUT2D eigenvalue weighted by atomic mass is 10.1. The van der Waals surface area contributed by atoms with Gasteiger partial charge in [-0.15, -0.1) is 0 Å². The Hall–Kier alpha value is -3.63. The fraction of sp³-hybridized carbons (Fsp3) is 0.450. The molecule has 1 saturated carbocycles. The number of hydrogen-bond acceptors (Lipinski definition) is 7. The molecule has 0 bridgehead atoms. The normalized spacial score (nSPS) is 13.8. The van der Waals surface area contributed by atoms with Gasteiger partial charge in [0.05, 0.1) is 12.2 Å². The molecular formula is C20H25N5O6. The number of aromatic nitrogens is 3. The predicted molar refractivity (Wildman–Crippen MR) is 111 cm³/mol. The summed E-state index contributed by atoms with van der Waals surface area (Å²) in [5, 5.41) is 17.6. The minimum atomic E-state index is -0.939. The van der Waals surface area contributed by atoms with Crippen LogP contribution in [0.4, 0.5) is 0 Å². The highest BCUT2D eigenvalue weighted by Crippen LogP contribution is 2.26. The smallest absolute Gasteiger partial charge is 0.330 e. The molecule has 1 aliphatic rings. The number of aromatic hydroxyl groups is 1. The summed E-state index contributed by atoms with van der Waals surface area (Å²) in [4.78, 5) is 49.5. The number of fused-ring (bicyclic) bond motifs is 1. The zero-order valence-electron chi connectivity index (χ0n) is 17.5. The third-order valence-corrected chi connectivity index (χ3v) is 4.63. The van der Waals surface area contributed by atoms with E-state index in [1.54, 1.807) is 6.92 Å². The molecule has 1 aliphatic carbocycles. The molecule has 166 valence electrons. The maximum atomic E-state index is 13.1. The molecule has 2 heterocycles. The van der Waals surface area contributed by atoms with Crippen molar-refractivity contribution >= 4 is 29.5 Å². The van der Waals surface area contributed by atoms with Gasteiger partial charge in [-0.05, 0) is 31.8 Å². The first-order chi connectivity index (χ1) is 14.6. The van der Waals surface area contributed by atoms with Crippen LogP contribution in [0.2, 0.25) is 0 Å². The Morgan fingerprint density at radius 2 is 2.03 bits per heavy atom. The summed E-state index contributed by atoms with van der Waals surface area (Å²) in [7, 11) is 0. The number of hydrogen-bond donors (Lipinski definition) is 3. The number of carbonyl (C=O) groups excluding carboxylic acids is 3. The maximum absolute atomic E-state index is 13.1. The van der Waals surface area contributed by atoms with Crippen LogP contribution in [0, 0.1) is 5.92 Å². The molecule has 0 aromatic carbocycles. The van der Waals surface area contributed by atoms with Gasteiger partial charge in [-0.3, -0.25) is 19.0 Å². The lowest BCUT2D eigenvalue weighted by Gasteiger charge is -2.17. The largest absolute Gasteiger partial charge is 0.494 e. The number of primary amides is 1. The molecule has 2 aromatic heterocycles. The van der Waals surface area contributed by atoms with Gasteiger partial charge >= 0.3 is 5.97 Å². The Labute approximate surface area is 177 Å². The molecule has 31 heavy (non-hydrogen) atoms. The molecule has 11 nitrogen and oxygen atoms in total. The van der Waals surface area contributed by atoms with Crippen molar-refractivity contribution in [1.82, 2.24) is 19.5 Å². The van der Waals surface area contributed by atoms with Gasteiger partial charge in [-0.1, -0.05) is 13.8 Å². The summed E-state index contributed by atoms with van der Waals surface area (Å²) in [6, 6.07) is -0.0394. The van der Waals surface area contributed by atoms with Crippen molar-refractivity contribution in [3.8, 4) is 5.88 Å². The number of nitrogens with one attached hydrogen (secondary N) is 1. The number of esters is 1. The van der Waals surface area contributed by atoms with Gasteiger partial charge in [0.1, 0.15) is 0 Å². The lowest BCUT2D eigenvalue weighted by Crippen LogP contribution is -2.34. The van der Waals surface area contributed by atoms with Crippen molar-refractivity contribution in [3.63, 3.8) is 0 Å². The Bertz CT molecular complexity index is 1140. The van der Waals surface area contributed by atoms with Crippen molar-refractivity contribution in [2.24, 2.45) is 11.7 Å². The number of carbonyl (C=O) groups is 3. The van der Waals surface area contributed by atoms with E-state index in [9.17, 15) is 24.3 Å². The van der Waals surface area contributed by atoms with Crippen LogP contribution in [0.25, 0.3) is 11.7 Å². The standard InChI is InChI=1S/C20H25N5O6/c1-4-31-13(26)8-7-12-15(16(21)27)23-25-18(12)24(9-10(2)3)19(29)14(20(25)30)17(28)22-11-5-6-11/h7-8,10-11,29H,4-6,9H2,1-3H3,(H2,21,27)(H,22,28)/b8-7+. The highest BCUT2D eigenvalue weighted by Gasteiger charge is 2.31. The van der Waals surface area contributed by atoms with Crippen molar-refractivity contribution in [2.75, 3.05) is 6.61 Å². The fourth-order valence-corrected chi connectivity index (χ4v) is 3.16. The number of amides is 2. The number of rotatable bonds is 8. The monoisotopic (exact) mass is 431 g/mol. The van der Waals surface area contributed by atoms with Crippen LogP contribution in [-0.4, -0.2) is 49.7 Å². The molecule has 0 radical (unpaired) electrons. The Kier molecular flexibility index (Phi) is 6.14. The van der Waals surface area contributed by atoms with E-state index in [0.717, 1.165) is 23.4 Å². The summed E-state index contributed by atoms with van der Waals surface area (Å²) in [5.74, 6) is -2.88. The van der Waals surface area contributed by atoms with Gasteiger partial charge in [0.2, 0.25) is 5.88 Å². The van der Waals surface area contributed by atoms with Gasteiger partial charge in [0.25, 0.3) is 17.4 Å². The van der Waals surface area contributed by atoms with Crippen LogP contribution >= 0.6 is 0 Å². The molecule has 0 aliphatic heterocycles. The first-order valence-corrected chi connectivity index (χ1v) is 9.99. The Morgan fingerprint density at radius 3 is 2.58 bits per heavy atom. The first kappa shape index (κ1) is 22.1. The zero-order valence-corrected chi connectivity index (χ0v) is 17.5. The van der Waals surface area contributed by atoms with Gasteiger partial charge in [-0.2, -0.15) is 9.61 Å². The quantitative estimate of drug-likeness (QED) is 0.404. The van der Waals surface area contributed by atoms with Crippen LogP contribution in [0.1, 0.15) is 60.0 Å². The third-order valence-electron chi connectivity index (χ3n) is 4.63. The topological polar surface area (TPSA) is 158 Å². The van der Waals surface area contributed by atoms with Crippen molar-refractivity contribution in [1.29, 1.82) is 0 Å². The molecule has 1 fully saturated rings. The van der Waals surface area contributed by atoms with Crippen LogP contribution in [0.5, 0.6) is 5.88 Å². The molecule has 2 aromatic rings. The molecule has 2 amide bonds. The second-order valence-corrected chi connectivity index (χ2v) is 7.70. The maximum Gasteiger partial charge on any atom is 0.330 e.